The zero-order chi connectivity index (χ0) is 32.2. The number of hydrazine groups is 1. The molecule has 0 fully saturated rings. The Morgan fingerprint density at radius 3 is 2.27 bits per heavy atom. The molecule has 0 saturated carbocycles. The highest BCUT2D eigenvalue weighted by molar-refractivity contribution is 7.15. The molecule has 11 heteroatoms. The summed E-state index contributed by atoms with van der Waals surface area (Å²) in [6.07, 6.45) is 8.24. The number of likely N-dealkylation sites (N-methyl/N-ethyl adjacent to an activating group) is 1. The largest absolute Gasteiger partial charge is 0.345 e. The van der Waals surface area contributed by atoms with E-state index in [0.717, 1.165) is 53.1 Å². The van der Waals surface area contributed by atoms with Gasteiger partial charge < -0.3 is 21.0 Å². The van der Waals surface area contributed by atoms with Crippen LogP contribution in [0.15, 0.2) is 78.3 Å². The topological polar surface area (TPSA) is 120 Å². The number of allylic oxidation sites excluding steroid dienone is 3. The highest BCUT2D eigenvalue weighted by Gasteiger charge is 2.15. The minimum Gasteiger partial charge on any atom is -0.345 e. The third-order valence-corrected chi connectivity index (χ3v) is 8.06. The summed E-state index contributed by atoms with van der Waals surface area (Å²) >= 11 is 1.39. The van der Waals surface area contributed by atoms with Crippen molar-refractivity contribution in [2.75, 3.05) is 26.0 Å². The number of hydrogen-bond acceptors (Lipinski definition) is 8. The Bertz CT molecular complexity index is 1520. The molecule has 45 heavy (non-hydrogen) atoms. The average molecular weight is 630 g/mol. The Balaban J connectivity index is 1.16. The number of carbonyl (C=O) groups excluding carboxylic acids is 3. The van der Waals surface area contributed by atoms with E-state index in [2.05, 4.69) is 40.1 Å². The van der Waals surface area contributed by atoms with Crippen molar-refractivity contribution >= 4 is 34.2 Å². The van der Waals surface area contributed by atoms with Crippen molar-refractivity contribution < 1.29 is 14.4 Å². The molecule has 3 aromatic rings. The summed E-state index contributed by atoms with van der Waals surface area (Å²) in [5, 5.41) is 17.4. The Hall–Kier alpha value is -4.51. The second kappa shape index (κ2) is 16.5. The van der Waals surface area contributed by atoms with E-state index in [4.69, 9.17) is 0 Å². The van der Waals surface area contributed by atoms with Crippen LogP contribution < -0.4 is 16.1 Å². The smallest absolute Gasteiger partial charge is 0.230 e. The van der Waals surface area contributed by atoms with E-state index in [1.165, 1.54) is 11.3 Å². The number of benzene rings is 2. The monoisotopic (exact) mass is 629 g/mol. The molecule has 0 bridgehead atoms. The Labute approximate surface area is 269 Å². The van der Waals surface area contributed by atoms with Gasteiger partial charge in [0.25, 0.3) is 0 Å². The van der Waals surface area contributed by atoms with Crippen LogP contribution in [-0.4, -0.2) is 58.5 Å². The fraction of sp³-hybridized carbons (Fsp3) is 0.382. The molecule has 0 radical (unpaired) electrons. The van der Waals surface area contributed by atoms with Gasteiger partial charge in [-0.05, 0) is 54.0 Å². The number of unbranched alkanes of at least 4 members (excludes halogenated alkanes) is 1. The predicted molar refractivity (Wildman–Crippen MR) is 178 cm³/mol. The SMILES string of the molecule is CC(C)CN(C)C(=O)Cc1cccc(CC(=O)Nc2nnc(CCCCC3=CC=C(NC(=O)Cc4ccccc4)N(C)N3)s2)c1. The molecule has 0 unspecified atom stereocenters. The molecule has 0 atom stereocenters. The molecule has 2 heterocycles. The van der Waals surface area contributed by atoms with Crippen LogP contribution in [-0.2, 0) is 40.1 Å². The van der Waals surface area contributed by atoms with E-state index in [-0.39, 0.29) is 24.1 Å². The maximum absolute atomic E-state index is 12.7. The molecule has 2 aromatic carbocycles. The lowest BCUT2D eigenvalue weighted by Crippen LogP contribution is -2.42. The van der Waals surface area contributed by atoms with Crippen molar-refractivity contribution in [1.29, 1.82) is 0 Å². The average Bonchev–Trinajstić information content (AvgIpc) is 3.43. The molecule has 238 valence electrons. The fourth-order valence-electron chi connectivity index (χ4n) is 4.99. The Morgan fingerprint density at radius 2 is 1.53 bits per heavy atom. The van der Waals surface area contributed by atoms with Crippen molar-refractivity contribution in [1.82, 2.24) is 30.8 Å². The van der Waals surface area contributed by atoms with Crippen molar-refractivity contribution in [2.24, 2.45) is 5.92 Å². The summed E-state index contributed by atoms with van der Waals surface area (Å²) in [6, 6.07) is 17.3. The first kappa shape index (κ1) is 33.4. The van der Waals surface area contributed by atoms with Crippen LogP contribution >= 0.6 is 11.3 Å². The number of rotatable bonds is 15. The molecule has 0 aliphatic carbocycles. The lowest BCUT2D eigenvalue weighted by molar-refractivity contribution is -0.129. The molecule has 0 saturated heterocycles. The second-order valence-corrected chi connectivity index (χ2v) is 12.8. The number of hydrogen-bond donors (Lipinski definition) is 3. The molecule has 4 rings (SSSR count). The van der Waals surface area contributed by atoms with Gasteiger partial charge in [0.2, 0.25) is 22.9 Å². The number of aryl methyl sites for hydroxylation is 1. The van der Waals surface area contributed by atoms with E-state index >= 15 is 0 Å². The van der Waals surface area contributed by atoms with Gasteiger partial charge in [0.1, 0.15) is 10.8 Å². The molecular formula is C34H43N7O3S. The van der Waals surface area contributed by atoms with E-state index in [9.17, 15) is 14.4 Å². The summed E-state index contributed by atoms with van der Waals surface area (Å²) in [6.45, 7) is 4.89. The van der Waals surface area contributed by atoms with E-state index in [0.29, 0.717) is 36.3 Å². The van der Waals surface area contributed by atoms with Gasteiger partial charge in [-0.15, -0.1) is 10.2 Å². The quantitative estimate of drug-likeness (QED) is 0.210. The molecule has 0 spiro atoms. The van der Waals surface area contributed by atoms with Crippen LogP contribution in [0, 0.1) is 5.92 Å². The highest BCUT2D eigenvalue weighted by atomic mass is 32.1. The molecule has 3 N–H and O–H groups in total. The summed E-state index contributed by atoms with van der Waals surface area (Å²) in [7, 11) is 3.70. The zero-order valence-corrected chi connectivity index (χ0v) is 27.3. The van der Waals surface area contributed by atoms with Crippen molar-refractivity contribution in [3.63, 3.8) is 0 Å². The van der Waals surface area contributed by atoms with Crippen molar-refractivity contribution in [3.05, 3.63) is 100.0 Å². The summed E-state index contributed by atoms with van der Waals surface area (Å²) in [5.41, 5.74) is 7.11. The van der Waals surface area contributed by atoms with Crippen molar-refractivity contribution in [3.8, 4) is 0 Å². The van der Waals surface area contributed by atoms with Gasteiger partial charge in [0.05, 0.1) is 19.3 Å². The maximum atomic E-state index is 12.7. The zero-order valence-electron chi connectivity index (χ0n) is 26.5. The summed E-state index contributed by atoms with van der Waals surface area (Å²) in [5.74, 6) is 0.955. The first-order valence-electron chi connectivity index (χ1n) is 15.3. The van der Waals surface area contributed by atoms with Gasteiger partial charge in [-0.2, -0.15) is 0 Å². The lowest BCUT2D eigenvalue weighted by atomic mass is 10.0. The molecule has 1 aliphatic heterocycles. The summed E-state index contributed by atoms with van der Waals surface area (Å²) < 4.78 is 0. The van der Waals surface area contributed by atoms with Gasteiger partial charge in [-0.1, -0.05) is 79.8 Å². The number of anilines is 1. The summed E-state index contributed by atoms with van der Waals surface area (Å²) in [4.78, 5) is 39.4. The third kappa shape index (κ3) is 11.2. The van der Waals surface area contributed by atoms with Gasteiger partial charge in [-0.25, -0.2) is 0 Å². The first-order valence-corrected chi connectivity index (χ1v) is 16.1. The van der Waals surface area contributed by atoms with Crippen LogP contribution in [0.2, 0.25) is 0 Å². The van der Waals surface area contributed by atoms with Gasteiger partial charge >= 0.3 is 0 Å². The van der Waals surface area contributed by atoms with Crippen molar-refractivity contribution in [2.45, 2.75) is 58.8 Å². The van der Waals surface area contributed by atoms with E-state index in [1.54, 1.807) is 4.90 Å². The minimum absolute atomic E-state index is 0.0615. The maximum Gasteiger partial charge on any atom is 0.230 e. The number of nitrogens with one attached hydrogen (secondary N) is 3. The fourth-order valence-corrected chi connectivity index (χ4v) is 5.79. The minimum atomic E-state index is -0.166. The molecule has 10 nitrogen and oxygen atoms in total. The number of aromatic nitrogens is 2. The van der Waals surface area contributed by atoms with Crippen LogP contribution in [0.1, 0.15) is 54.8 Å². The third-order valence-electron chi connectivity index (χ3n) is 7.17. The molecular weight excluding hydrogens is 586 g/mol. The van der Waals surface area contributed by atoms with Gasteiger partial charge in [0, 0.05) is 32.8 Å². The highest BCUT2D eigenvalue weighted by Crippen LogP contribution is 2.20. The second-order valence-electron chi connectivity index (χ2n) is 11.7. The predicted octanol–water partition coefficient (Wildman–Crippen LogP) is 4.62. The van der Waals surface area contributed by atoms with Crippen LogP contribution in [0.25, 0.3) is 0 Å². The number of amides is 3. The number of carbonyl (C=O) groups is 3. The normalized spacial score (nSPS) is 12.7. The Morgan fingerprint density at radius 1 is 0.867 bits per heavy atom. The Kier molecular flexibility index (Phi) is 12.3. The van der Waals surface area contributed by atoms with Gasteiger partial charge in [0.15, 0.2) is 0 Å². The number of nitrogens with zero attached hydrogens (tertiary/aromatic N) is 4. The molecule has 1 aromatic heterocycles. The first-order chi connectivity index (χ1) is 21.6. The van der Waals surface area contributed by atoms with Gasteiger partial charge in [-0.3, -0.25) is 19.4 Å². The van der Waals surface area contributed by atoms with E-state index in [1.807, 2.05) is 85.9 Å². The standard InChI is InChI=1S/C34H43N7O3S/c1-24(2)23-40(3)33(44)22-27-14-10-13-26(19-27)21-31(43)36-34-38-37-32(45-34)16-9-8-15-28-17-18-29(41(4)39-28)35-30(42)20-25-11-6-5-7-12-25/h5-7,10-14,17-19,24,39H,8-9,15-16,20-23H2,1-4H3,(H,35,42)(H,36,38,43). The van der Waals surface area contributed by atoms with Crippen LogP contribution in [0.4, 0.5) is 5.13 Å². The molecule has 3 amide bonds. The van der Waals surface area contributed by atoms with E-state index < -0.39 is 0 Å². The van der Waals surface area contributed by atoms with Crippen LogP contribution in [0.3, 0.4) is 0 Å². The lowest BCUT2D eigenvalue weighted by Gasteiger charge is -2.29. The van der Waals surface area contributed by atoms with Crippen LogP contribution in [0.5, 0.6) is 0 Å². The molecule has 1 aliphatic rings.